The third kappa shape index (κ3) is 5.02. The van der Waals surface area contributed by atoms with Gasteiger partial charge in [-0.2, -0.15) is 0 Å². The number of aromatic nitrogens is 1. The number of ether oxygens (including phenoxy) is 1. The fourth-order valence-electron chi connectivity index (χ4n) is 2.84. The molecule has 0 N–H and O–H groups in total. The summed E-state index contributed by atoms with van der Waals surface area (Å²) in [6, 6.07) is 8.02. The lowest BCUT2D eigenvalue weighted by Crippen LogP contribution is -2.49. The molecule has 28 heavy (non-hydrogen) atoms. The zero-order valence-electron chi connectivity index (χ0n) is 14.9. The van der Waals surface area contributed by atoms with Gasteiger partial charge >= 0.3 is 0 Å². The zero-order chi connectivity index (χ0) is 20.1. The van der Waals surface area contributed by atoms with E-state index in [2.05, 4.69) is 4.98 Å². The lowest BCUT2D eigenvalue weighted by atomic mass is 10.2. The fourth-order valence-corrected chi connectivity index (χ4v) is 3.13. The number of halogens is 2. The second kappa shape index (κ2) is 9.07. The number of piperazine rings is 1. The maximum atomic E-state index is 12.4. The van der Waals surface area contributed by atoms with Gasteiger partial charge in [-0.05, 0) is 18.2 Å². The molecule has 2 heterocycles. The summed E-state index contributed by atoms with van der Waals surface area (Å²) in [5.74, 6) is 1.24. The second-order valence-electron chi connectivity index (χ2n) is 6.17. The molecule has 8 nitrogen and oxygen atoms in total. The summed E-state index contributed by atoms with van der Waals surface area (Å²) < 4.78 is 5.56. The highest BCUT2D eigenvalue weighted by atomic mass is 35.5. The van der Waals surface area contributed by atoms with E-state index < -0.39 is 4.92 Å². The lowest BCUT2D eigenvalue weighted by Gasteiger charge is -2.35. The first kappa shape index (κ1) is 20.2. The van der Waals surface area contributed by atoms with Crippen molar-refractivity contribution in [3.05, 3.63) is 56.7 Å². The monoisotopic (exact) mass is 424 g/mol. The minimum absolute atomic E-state index is 0.0105. The average molecular weight is 425 g/mol. The highest BCUT2D eigenvalue weighted by Gasteiger charge is 2.22. The van der Waals surface area contributed by atoms with E-state index in [1.165, 1.54) is 12.3 Å². The molecule has 1 aromatic carbocycles. The number of carbonyl (C=O) groups is 1. The van der Waals surface area contributed by atoms with Crippen LogP contribution in [0.15, 0.2) is 36.5 Å². The van der Waals surface area contributed by atoms with E-state index in [1.807, 2.05) is 4.90 Å². The molecular weight excluding hydrogens is 407 g/mol. The number of anilines is 1. The van der Waals surface area contributed by atoms with Gasteiger partial charge in [-0.1, -0.05) is 23.2 Å². The van der Waals surface area contributed by atoms with Crippen molar-refractivity contribution in [2.24, 2.45) is 0 Å². The summed E-state index contributed by atoms with van der Waals surface area (Å²) in [6.45, 7) is 2.60. The van der Waals surface area contributed by atoms with Crippen LogP contribution in [0.5, 0.6) is 5.75 Å². The zero-order valence-corrected chi connectivity index (χ0v) is 16.4. The summed E-state index contributed by atoms with van der Waals surface area (Å²) in [4.78, 5) is 30.5. The van der Waals surface area contributed by atoms with Crippen molar-refractivity contribution in [2.45, 2.75) is 6.42 Å². The third-order valence-electron chi connectivity index (χ3n) is 4.38. The molecule has 0 spiro atoms. The van der Waals surface area contributed by atoms with E-state index in [4.69, 9.17) is 27.9 Å². The van der Waals surface area contributed by atoms with Gasteiger partial charge in [-0.3, -0.25) is 14.9 Å². The number of pyridine rings is 1. The summed E-state index contributed by atoms with van der Waals surface area (Å²) in [6.07, 6.45) is 1.50. The van der Waals surface area contributed by atoms with Crippen LogP contribution in [-0.2, 0) is 4.79 Å². The van der Waals surface area contributed by atoms with Gasteiger partial charge in [0.05, 0.1) is 28.0 Å². The Labute approximate surface area is 171 Å². The molecule has 1 aromatic heterocycles. The first-order chi connectivity index (χ1) is 13.4. The molecule has 0 atom stereocenters. The van der Waals surface area contributed by atoms with Gasteiger partial charge in [-0.25, -0.2) is 4.98 Å². The number of benzene rings is 1. The van der Waals surface area contributed by atoms with Gasteiger partial charge in [0, 0.05) is 38.3 Å². The van der Waals surface area contributed by atoms with E-state index >= 15 is 0 Å². The SMILES string of the molecule is O=C(CCOc1ccc(Cl)c(Cl)c1)N1CCN(c2ccc([N+](=O)[O-])cn2)CC1. The molecule has 0 saturated carbocycles. The third-order valence-corrected chi connectivity index (χ3v) is 5.11. The predicted octanol–water partition coefficient (Wildman–Crippen LogP) is 3.41. The van der Waals surface area contributed by atoms with E-state index in [1.54, 1.807) is 29.2 Å². The van der Waals surface area contributed by atoms with Gasteiger partial charge in [0.1, 0.15) is 17.8 Å². The molecule has 0 bridgehead atoms. The summed E-state index contributed by atoms with van der Waals surface area (Å²) >= 11 is 11.8. The van der Waals surface area contributed by atoms with Crippen LogP contribution in [0.4, 0.5) is 11.5 Å². The first-order valence-electron chi connectivity index (χ1n) is 8.65. The minimum Gasteiger partial charge on any atom is -0.493 e. The van der Waals surface area contributed by atoms with Crippen LogP contribution in [0.2, 0.25) is 10.0 Å². The Morgan fingerprint density at radius 2 is 1.89 bits per heavy atom. The van der Waals surface area contributed by atoms with E-state index in [-0.39, 0.29) is 24.6 Å². The minimum atomic E-state index is -0.479. The summed E-state index contributed by atoms with van der Waals surface area (Å²) in [7, 11) is 0. The Balaban J connectivity index is 1.44. The molecule has 0 radical (unpaired) electrons. The van der Waals surface area contributed by atoms with Crippen molar-refractivity contribution >= 4 is 40.6 Å². The van der Waals surface area contributed by atoms with Crippen LogP contribution >= 0.6 is 23.2 Å². The number of amides is 1. The van der Waals surface area contributed by atoms with Gasteiger partial charge in [0.2, 0.25) is 5.91 Å². The van der Waals surface area contributed by atoms with Gasteiger partial charge < -0.3 is 14.5 Å². The standard InChI is InChI=1S/C18H18Cl2N4O4/c19-15-3-2-14(11-16(15)20)28-10-5-18(25)23-8-6-22(7-9-23)17-4-1-13(12-21-17)24(26)27/h1-4,11-12H,5-10H2. The number of nitro groups is 1. The molecule has 1 aliphatic heterocycles. The largest absolute Gasteiger partial charge is 0.493 e. The highest BCUT2D eigenvalue weighted by Crippen LogP contribution is 2.26. The Hall–Kier alpha value is -2.58. The smallest absolute Gasteiger partial charge is 0.287 e. The first-order valence-corrected chi connectivity index (χ1v) is 9.40. The van der Waals surface area contributed by atoms with E-state index in [9.17, 15) is 14.9 Å². The van der Waals surface area contributed by atoms with Gasteiger partial charge in [0.25, 0.3) is 5.69 Å². The van der Waals surface area contributed by atoms with Crippen LogP contribution in [0.25, 0.3) is 0 Å². The molecule has 2 aromatic rings. The number of hydrogen-bond acceptors (Lipinski definition) is 6. The molecule has 0 aliphatic carbocycles. The molecule has 1 fully saturated rings. The Morgan fingerprint density at radius 1 is 1.14 bits per heavy atom. The summed E-state index contributed by atoms with van der Waals surface area (Å²) in [5, 5.41) is 11.6. The number of rotatable bonds is 6. The molecule has 1 aliphatic rings. The molecule has 0 unspecified atom stereocenters. The van der Waals surface area contributed by atoms with Crippen molar-refractivity contribution in [3.63, 3.8) is 0 Å². The van der Waals surface area contributed by atoms with Gasteiger partial charge in [-0.15, -0.1) is 0 Å². The number of hydrogen-bond donors (Lipinski definition) is 0. The van der Waals surface area contributed by atoms with E-state index in [0.717, 1.165) is 0 Å². The van der Waals surface area contributed by atoms with Crippen molar-refractivity contribution in [2.75, 3.05) is 37.7 Å². The highest BCUT2D eigenvalue weighted by molar-refractivity contribution is 6.42. The Morgan fingerprint density at radius 3 is 2.50 bits per heavy atom. The molecule has 10 heteroatoms. The molecule has 3 rings (SSSR count). The predicted molar refractivity (Wildman–Crippen MR) is 106 cm³/mol. The van der Waals surface area contributed by atoms with E-state index in [0.29, 0.717) is 47.8 Å². The Bertz CT molecular complexity index is 855. The average Bonchev–Trinajstić information content (AvgIpc) is 2.71. The van der Waals surface area contributed by atoms with Crippen molar-refractivity contribution < 1.29 is 14.5 Å². The molecule has 1 saturated heterocycles. The molecule has 148 valence electrons. The Kier molecular flexibility index (Phi) is 6.53. The van der Waals surface area contributed by atoms with Crippen LogP contribution < -0.4 is 9.64 Å². The summed E-state index contributed by atoms with van der Waals surface area (Å²) in [5.41, 5.74) is -0.0421. The van der Waals surface area contributed by atoms with Crippen LogP contribution in [0.3, 0.4) is 0 Å². The maximum absolute atomic E-state index is 12.4. The molecular formula is C18H18Cl2N4O4. The molecule has 1 amide bonds. The topological polar surface area (TPSA) is 88.8 Å². The second-order valence-corrected chi connectivity index (χ2v) is 6.99. The van der Waals surface area contributed by atoms with Crippen molar-refractivity contribution in [1.29, 1.82) is 0 Å². The fraction of sp³-hybridized carbons (Fsp3) is 0.333. The normalized spacial score (nSPS) is 14.1. The van der Waals surface area contributed by atoms with Crippen LogP contribution in [-0.4, -0.2) is 53.5 Å². The maximum Gasteiger partial charge on any atom is 0.287 e. The van der Waals surface area contributed by atoms with Crippen molar-refractivity contribution in [3.8, 4) is 5.75 Å². The lowest BCUT2D eigenvalue weighted by molar-refractivity contribution is -0.385. The van der Waals surface area contributed by atoms with Gasteiger partial charge in [0.15, 0.2) is 0 Å². The number of carbonyl (C=O) groups excluding carboxylic acids is 1. The van der Waals surface area contributed by atoms with Crippen LogP contribution in [0.1, 0.15) is 6.42 Å². The van der Waals surface area contributed by atoms with Crippen LogP contribution in [0, 0.1) is 10.1 Å². The number of nitrogens with zero attached hydrogens (tertiary/aromatic N) is 4. The quantitative estimate of drug-likeness (QED) is 0.521. The van der Waals surface area contributed by atoms with Crippen molar-refractivity contribution in [1.82, 2.24) is 9.88 Å².